The number of aromatic nitrogens is 2. The molecular formula is C22H38N10O6. The molecule has 4 amide bonds. The number of primary amides is 1. The molecule has 4 unspecified atom stereocenters. The number of nitrogens with two attached hydrogens (primary N) is 4. The van der Waals surface area contributed by atoms with Gasteiger partial charge in [0.2, 0.25) is 23.6 Å². The normalized spacial score (nSPS) is 14.0. The Bertz CT molecular complexity index is 977. The van der Waals surface area contributed by atoms with E-state index in [1.54, 1.807) is 13.8 Å². The number of carbonyl (C=O) groups is 5. The molecule has 0 bridgehead atoms. The Balaban J connectivity index is 3.01. The molecule has 212 valence electrons. The summed E-state index contributed by atoms with van der Waals surface area (Å²) >= 11 is 0. The molecule has 0 aliphatic rings. The van der Waals surface area contributed by atoms with Gasteiger partial charge in [-0.3, -0.25) is 24.2 Å². The van der Waals surface area contributed by atoms with E-state index < -0.39 is 60.2 Å². The van der Waals surface area contributed by atoms with Crippen molar-refractivity contribution in [3.8, 4) is 0 Å². The molecule has 1 aromatic heterocycles. The molecule has 0 saturated carbocycles. The van der Waals surface area contributed by atoms with E-state index >= 15 is 0 Å². The maximum absolute atomic E-state index is 13.1. The number of nitrogens with zero attached hydrogens (tertiary/aromatic N) is 2. The third-order valence-corrected chi connectivity index (χ3v) is 5.27. The largest absolute Gasteiger partial charge is 0.480 e. The third-order valence-electron chi connectivity index (χ3n) is 5.27. The second-order valence-corrected chi connectivity index (χ2v) is 9.16. The first-order valence-corrected chi connectivity index (χ1v) is 12.0. The van der Waals surface area contributed by atoms with Crippen molar-refractivity contribution in [2.24, 2.45) is 33.8 Å². The number of hydrogen-bond donors (Lipinski definition) is 9. The van der Waals surface area contributed by atoms with Crippen molar-refractivity contribution in [3.63, 3.8) is 0 Å². The first kappa shape index (κ1) is 31.8. The Labute approximate surface area is 219 Å². The zero-order valence-corrected chi connectivity index (χ0v) is 21.5. The van der Waals surface area contributed by atoms with Gasteiger partial charge < -0.3 is 49.0 Å². The SMILES string of the molecule is CC(C)CC(NC(=O)C(CCCN=C(N)N)NC(=O)C(CC(N)=O)NC(=O)C(N)Cc1cnc[nH]1)C(=O)O. The smallest absolute Gasteiger partial charge is 0.326 e. The summed E-state index contributed by atoms with van der Waals surface area (Å²) in [6.07, 6.45) is 2.85. The van der Waals surface area contributed by atoms with Crippen LogP contribution in [0.3, 0.4) is 0 Å². The van der Waals surface area contributed by atoms with Gasteiger partial charge in [0.25, 0.3) is 0 Å². The second kappa shape index (κ2) is 15.8. The van der Waals surface area contributed by atoms with Crippen molar-refractivity contribution in [1.82, 2.24) is 25.9 Å². The third kappa shape index (κ3) is 12.2. The van der Waals surface area contributed by atoms with E-state index in [1.165, 1.54) is 12.5 Å². The van der Waals surface area contributed by atoms with Crippen LogP contribution in [-0.2, 0) is 30.4 Å². The van der Waals surface area contributed by atoms with Gasteiger partial charge in [-0.25, -0.2) is 9.78 Å². The van der Waals surface area contributed by atoms with Gasteiger partial charge in [0.05, 0.1) is 18.8 Å². The minimum Gasteiger partial charge on any atom is -0.480 e. The van der Waals surface area contributed by atoms with Crippen molar-refractivity contribution in [2.75, 3.05) is 6.54 Å². The van der Waals surface area contributed by atoms with Crippen molar-refractivity contribution in [1.29, 1.82) is 0 Å². The number of H-pyrrole nitrogens is 1. The van der Waals surface area contributed by atoms with E-state index in [-0.39, 0.29) is 44.1 Å². The fourth-order valence-electron chi connectivity index (χ4n) is 3.43. The number of carboxylic acids is 1. The van der Waals surface area contributed by atoms with Gasteiger partial charge in [-0.15, -0.1) is 0 Å². The number of rotatable bonds is 17. The number of aliphatic imine (C=N–C) groups is 1. The average Bonchev–Trinajstić information content (AvgIpc) is 3.32. The molecule has 0 aromatic carbocycles. The lowest BCUT2D eigenvalue weighted by Crippen LogP contribution is -2.58. The van der Waals surface area contributed by atoms with Crippen LogP contribution in [0, 0.1) is 5.92 Å². The van der Waals surface area contributed by atoms with E-state index in [0.717, 1.165) is 0 Å². The second-order valence-electron chi connectivity index (χ2n) is 9.16. The molecular weight excluding hydrogens is 500 g/mol. The van der Waals surface area contributed by atoms with Gasteiger partial charge >= 0.3 is 5.97 Å². The summed E-state index contributed by atoms with van der Waals surface area (Å²) in [7, 11) is 0. The highest BCUT2D eigenvalue weighted by molar-refractivity contribution is 5.96. The summed E-state index contributed by atoms with van der Waals surface area (Å²) in [6.45, 7) is 3.73. The Kier molecular flexibility index (Phi) is 13.2. The quantitative estimate of drug-likeness (QED) is 0.0543. The monoisotopic (exact) mass is 538 g/mol. The van der Waals surface area contributed by atoms with Crippen molar-refractivity contribution >= 4 is 35.6 Å². The number of amides is 4. The van der Waals surface area contributed by atoms with Crippen molar-refractivity contribution in [2.45, 2.75) is 70.1 Å². The highest BCUT2D eigenvalue weighted by Crippen LogP contribution is 2.08. The van der Waals surface area contributed by atoms with E-state index in [9.17, 15) is 29.1 Å². The predicted octanol–water partition coefficient (Wildman–Crippen LogP) is -3.21. The molecule has 0 aliphatic heterocycles. The van der Waals surface area contributed by atoms with Gasteiger partial charge in [0.15, 0.2) is 5.96 Å². The molecule has 0 saturated heterocycles. The highest BCUT2D eigenvalue weighted by Gasteiger charge is 2.31. The Hall–Kier alpha value is -4.21. The number of hydrogen-bond acceptors (Lipinski definition) is 8. The number of aromatic amines is 1. The van der Waals surface area contributed by atoms with Gasteiger partial charge in [-0.05, 0) is 25.2 Å². The number of nitrogens with one attached hydrogen (secondary N) is 4. The van der Waals surface area contributed by atoms with E-state index in [4.69, 9.17) is 22.9 Å². The number of carboxylic acid groups (broad SMARTS) is 1. The fourth-order valence-corrected chi connectivity index (χ4v) is 3.43. The summed E-state index contributed by atoms with van der Waals surface area (Å²) in [5.74, 6) is -4.70. The lowest BCUT2D eigenvalue weighted by molar-refractivity contribution is -0.143. The Morgan fingerprint density at radius 2 is 1.61 bits per heavy atom. The van der Waals surface area contributed by atoms with Gasteiger partial charge in [0.1, 0.15) is 18.1 Å². The minimum absolute atomic E-state index is 0.0267. The molecule has 13 N–H and O–H groups in total. The summed E-state index contributed by atoms with van der Waals surface area (Å²) in [4.78, 5) is 72.3. The first-order valence-electron chi connectivity index (χ1n) is 12.0. The predicted molar refractivity (Wildman–Crippen MR) is 137 cm³/mol. The van der Waals surface area contributed by atoms with Crippen LogP contribution >= 0.6 is 0 Å². The van der Waals surface area contributed by atoms with Crippen molar-refractivity contribution < 1.29 is 29.1 Å². The Morgan fingerprint density at radius 1 is 1.00 bits per heavy atom. The maximum atomic E-state index is 13.1. The molecule has 16 heteroatoms. The van der Waals surface area contributed by atoms with Crippen LogP contribution in [0.2, 0.25) is 0 Å². The number of imidazole rings is 1. The first-order chi connectivity index (χ1) is 17.8. The van der Waals surface area contributed by atoms with E-state index in [2.05, 4.69) is 30.9 Å². The standard InChI is InChI=1S/C22H38N10O6/c1-11(2)6-16(21(37)38)32-19(35)14(4-3-5-28-22(25)26)30-20(36)15(8-17(24)33)31-18(34)13(23)7-12-9-27-10-29-12/h9-11,13-16H,3-8,23H2,1-2H3,(H2,24,33)(H,27,29)(H,30,36)(H,31,34)(H,32,35)(H,37,38)(H4,25,26,28). The molecule has 1 aromatic rings. The molecule has 1 heterocycles. The lowest BCUT2D eigenvalue weighted by atomic mass is 10.0. The van der Waals surface area contributed by atoms with Gasteiger partial charge in [0, 0.05) is 24.9 Å². The van der Waals surface area contributed by atoms with Crippen LogP contribution < -0.4 is 38.9 Å². The number of carbonyl (C=O) groups excluding carboxylic acids is 4. The summed E-state index contributed by atoms with van der Waals surface area (Å²) in [5.41, 5.74) is 22.4. The molecule has 16 nitrogen and oxygen atoms in total. The van der Waals surface area contributed by atoms with E-state index in [1.807, 2.05) is 0 Å². The molecule has 0 aliphatic carbocycles. The molecule has 0 radical (unpaired) electrons. The lowest BCUT2D eigenvalue weighted by Gasteiger charge is -2.25. The summed E-state index contributed by atoms with van der Waals surface area (Å²) in [5, 5.41) is 16.7. The van der Waals surface area contributed by atoms with Crippen LogP contribution in [0.25, 0.3) is 0 Å². The summed E-state index contributed by atoms with van der Waals surface area (Å²) in [6, 6.07) is -4.94. The van der Waals surface area contributed by atoms with Crippen LogP contribution in [0.4, 0.5) is 0 Å². The summed E-state index contributed by atoms with van der Waals surface area (Å²) < 4.78 is 0. The maximum Gasteiger partial charge on any atom is 0.326 e. The fraction of sp³-hybridized carbons (Fsp3) is 0.591. The zero-order chi connectivity index (χ0) is 28.8. The zero-order valence-electron chi connectivity index (χ0n) is 21.5. The van der Waals surface area contributed by atoms with E-state index in [0.29, 0.717) is 5.69 Å². The van der Waals surface area contributed by atoms with Crippen molar-refractivity contribution in [3.05, 3.63) is 18.2 Å². The van der Waals surface area contributed by atoms with Crippen LogP contribution in [-0.4, -0.2) is 81.3 Å². The Morgan fingerprint density at radius 3 is 2.13 bits per heavy atom. The van der Waals surface area contributed by atoms with Crippen LogP contribution in [0.1, 0.15) is 45.2 Å². The molecule has 4 atom stereocenters. The number of guanidine groups is 1. The van der Waals surface area contributed by atoms with Crippen LogP contribution in [0.5, 0.6) is 0 Å². The van der Waals surface area contributed by atoms with Crippen LogP contribution in [0.15, 0.2) is 17.5 Å². The average molecular weight is 539 g/mol. The highest BCUT2D eigenvalue weighted by atomic mass is 16.4. The van der Waals surface area contributed by atoms with Gasteiger partial charge in [-0.1, -0.05) is 13.8 Å². The molecule has 0 fully saturated rings. The minimum atomic E-state index is -1.44. The molecule has 1 rings (SSSR count). The number of aliphatic carboxylic acids is 1. The topological polar surface area (TPSA) is 287 Å². The molecule has 0 spiro atoms. The molecule has 38 heavy (non-hydrogen) atoms. The van der Waals surface area contributed by atoms with Gasteiger partial charge in [-0.2, -0.15) is 0 Å².